The lowest BCUT2D eigenvalue weighted by molar-refractivity contribution is 0.309. The Morgan fingerprint density at radius 3 is 2.83 bits per heavy atom. The number of nitrogens with one attached hydrogen (secondary N) is 1. The number of hydrogen-bond acceptors (Lipinski definition) is 1. The van der Waals surface area contributed by atoms with Crippen molar-refractivity contribution >= 4 is 0 Å². The summed E-state index contributed by atoms with van der Waals surface area (Å²) in [6, 6.07) is 9.38. The summed E-state index contributed by atoms with van der Waals surface area (Å²) in [6.45, 7) is 5.68. The van der Waals surface area contributed by atoms with Gasteiger partial charge in [0.25, 0.3) is 0 Å². The molecule has 2 saturated carbocycles. The summed E-state index contributed by atoms with van der Waals surface area (Å²) in [5.41, 5.74) is 2.79. The van der Waals surface area contributed by atoms with Crippen molar-refractivity contribution in [3.05, 3.63) is 35.4 Å². The lowest BCUT2D eigenvalue weighted by atomic mass is 9.88. The van der Waals surface area contributed by atoms with E-state index in [0.717, 1.165) is 17.8 Å². The van der Waals surface area contributed by atoms with Gasteiger partial charge in [-0.3, -0.25) is 0 Å². The fourth-order valence-corrected chi connectivity index (χ4v) is 4.01. The van der Waals surface area contributed by atoms with Crippen molar-refractivity contribution in [2.75, 3.05) is 6.54 Å². The molecule has 1 aromatic carbocycles. The molecular weight excluding hydrogens is 218 g/mol. The van der Waals surface area contributed by atoms with Gasteiger partial charge in [0, 0.05) is 6.04 Å². The maximum Gasteiger partial charge on any atom is 0.0292 e. The molecule has 0 aromatic heterocycles. The third-order valence-corrected chi connectivity index (χ3v) is 5.11. The van der Waals surface area contributed by atoms with Gasteiger partial charge in [0.1, 0.15) is 0 Å². The maximum absolute atomic E-state index is 3.75. The lowest BCUT2D eigenvalue weighted by Gasteiger charge is -2.24. The van der Waals surface area contributed by atoms with Crippen molar-refractivity contribution in [2.24, 2.45) is 17.8 Å². The van der Waals surface area contributed by atoms with Gasteiger partial charge in [0.2, 0.25) is 0 Å². The Labute approximate surface area is 111 Å². The summed E-state index contributed by atoms with van der Waals surface area (Å²) >= 11 is 0. The summed E-state index contributed by atoms with van der Waals surface area (Å²) in [4.78, 5) is 0. The average molecular weight is 243 g/mol. The summed E-state index contributed by atoms with van der Waals surface area (Å²) < 4.78 is 0. The van der Waals surface area contributed by atoms with Crippen molar-refractivity contribution in [1.29, 1.82) is 0 Å². The molecule has 4 atom stereocenters. The molecule has 1 heteroatoms. The highest BCUT2D eigenvalue weighted by Crippen LogP contribution is 2.48. The zero-order chi connectivity index (χ0) is 12.5. The largest absolute Gasteiger partial charge is 0.310 e. The van der Waals surface area contributed by atoms with E-state index in [1.165, 1.54) is 43.4 Å². The van der Waals surface area contributed by atoms with Crippen molar-refractivity contribution in [2.45, 2.75) is 45.6 Å². The third-order valence-electron chi connectivity index (χ3n) is 5.11. The molecular formula is C17H25N. The molecule has 0 amide bonds. The van der Waals surface area contributed by atoms with Gasteiger partial charge in [-0.05, 0) is 63.0 Å². The molecule has 2 aliphatic carbocycles. The standard InChI is InChI=1S/C17H25N/c1-12-4-3-5-15(8-12)13(2)18-11-17-10-14-6-7-16(17)9-14/h3-5,8,13-14,16-18H,6-7,9-11H2,1-2H3/t13-,14?,16?,17?/m0/s1. The summed E-state index contributed by atoms with van der Waals surface area (Å²) in [5.74, 6) is 3.05. The van der Waals surface area contributed by atoms with Gasteiger partial charge in [-0.1, -0.05) is 36.2 Å². The molecule has 2 aliphatic rings. The second-order valence-corrected chi connectivity index (χ2v) is 6.48. The van der Waals surface area contributed by atoms with Gasteiger partial charge in [0.05, 0.1) is 0 Å². The van der Waals surface area contributed by atoms with Crippen LogP contribution in [0.2, 0.25) is 0 Å². The SMILES string of the molecule is Cc1cccc([C@H](C)NCC2CC3CCC2C3)c1. The molecule has 0 radical (unpaired) electrons. The van der Waals surface area contributed by atoms with Crippen LogP contribution in [-0.4, -0.2) is 6.54 Å². The molecule has 98 valence electrons. The molecule has 0 heterocycles. The zero-order valence-corrected chi connectivity index (χ0v) is 11.7. The molecule has 2 bridgehead atoms. The predicted octanol–water partition coefficient (Wildman–Crippen LogP) is 4.08. The van der Waals surface area contributed by atoms with Crippen LogP contribution in [0.5, 0.6) is 0 Å². The number of benzene rings is 1. The van der Waals surface area contributed by atoms with E-state index >= 15 is 0 Å². The van der Waals surface area contributed by atoms with Crippen LogP contribution in [0, 0.1) is 24.7 Å². The minimum atomic E-state index is 0.490. The van der Waals surface area contributed by atoms with E-state index in [1.54, 1.807) is 0 Å². The van der Waals surface area contributed by atoms with E-state index in [0.29, 0.717) is 6.04 Å². The first kappa shape index (κ1) is 12.2. The predicted molar refractivity (Wildman–Crippen MR) is 76.5 cm³/mol. The van der Waals surface area contributed by atoms with Crippen LogP contribution in [0.4, 0.5) is 0 Å². The Hall–Kier alpha value is -0.820. The van der Waals surface area contributed by atoms with Gasteiger partial charge in [-0.15, -0.1) is 0 Å². The molecule has 3 unspecified atom stereocenters. The normalized spacial score (nSPS) is 31.8. The first-order valence-electron chi connectivity index (χ1n) is 7.52. The van der Waals surface area contributed by atoms with Gasteiger partial charge >= 0.3 is 0 Å². The van der Waals surface area contributed by atoms with E-state index in [1.807, 2.05) is 0 Å². The number of hydrogen-bond donors (Lipinski definition) is 1. The highest BCUT2D eigenvalue weighted by Gasteiger charge is 2.39. The fourth-order valence-electron chi connectivity index (χ4n) is 4.01. The Morgan fingerprint density at radius 2 is 2.17 bits per heavy atom. The second-order valence-electron chi connectivity index (χ2n) is 6.48. The second kappa shape index (κ2) is 5.05. The smallest absolute Gasteiger partial charge is 0.0292 e. The van der Waals surface area contributed by atoms with Crippen molar-refractivity contribution < 1.29 is 0 Å². The minimum absolute atomic E-state index is 0.490. The molecule has 3 rings (SSSR count). The van der Waals surface area contributed by atoms with E-state index in [4.69, 9.17) is 0 Å². The molecule has 2 fully saturated rings. The summed E-state index contributed by atoms with van der Waals surface area (Å²) in [6.07, 6.45) is 6.01. The Morgan fingerprint density at radius 1 is 1.28 bits per heavy atom. The molecule has 1 nitrogen and oxygen atoms in total. The van der Waals surface area contributed by atoms with Crippen LogP contribution >= 0.6 is 0 Å². The maximum atomic E-state index is 3.75. The molecule has 0 aliphatic heterocycles. The van der Waals surface area contributed by atoms with Crippen molar-refractivity contribution in [3.63, 3.8) is 0 Å². The molecule has 0 spiro atoms. The monoisotopic (exact) mass is 243 g/mol. The number of fused-ring (bicyclic) bond motifs is 2. The van der Waals surface area contributed by atoms with Crippen molar-refractivity contribution in [1.82, 2.24) is 5.32 Å². The lowest BCUT2D eigenvalue weighted by Crippen LogP contribution is -2.28. The van der Waals surface area contributed by atoms with Gasteiger partial charge in [0.15, 0.2) is 0 Å². The highest BCUT2D eigenvalue weighted by molar-refractivity contribution is 5.24. The molecule has 1 aromatic rings. The van der Waals surface area contributed by atoms with Crippen LogP contribution in [0.25, 0.3) is 0 Å². The van der Waals surface area contributed by atoms with E-state index in [-0.39, 0.29) is 0 Å². The van der Waals surface area contributed by atoms with Crippen LogP contribution in [0.15, 0.2) is 24.3 Å². The van der Waals surface area contributed by atoms with Crippen LogP contribution < -0.4 is 5.32 Å². The van der Waals surface area contributed by atoms with Gasteiger partial charge in [-0.25, -0.2) is 0 Å². The number of aryl methyl sites for hydroxylation is 1. The summed E-state index contributed by atoms with van der Waals surface area (Å²) in [5, 5.41) is 3.75. The Kier molecular flexibility index (Phi) is 3.43. The third kappa shape index (κ3) is 2.47. The average Bonchev–Trinajstić information content (AvgIpc) is 2.98. The first-order chi connectivity index (χ1) is 8.72. The summed E-state index contributed by atoms with van der Waals surface area (Å²) in [7, 11) is 0. The van der Waals surface area contributed by atoms with Gasteiger partial charge < -0.3 is 5.32 Å². The Balaban J connectivity index is 1.54. The van der Waals surface area contributed by atoms with Gasteiger partial charge in [-0.2, -0.15) is 0 Å². The quantitative estimate of drug-likeness (QED) is 0.840. The topological polar surface area (TPSA) is 12.0 Å². The van der Waals surface area contributed by atoms with E-state index in [9.17, 15) is 0 Å². The Bertz CT molecular complexity index is 412. The van der Waals surface area contributed by atoms with E-state index in [2.05, 4.69) is 43.4 Å². The van der Waals surface area contributed by atoms with E-state index < -0.39 is 0 Å². The molecule has 0 saturated heterocycles. The zero-order valence-electron chi connectivity index (χ0n) is 11.7. The molecule has 1 N–H and O–H groups in total. The van der Waals surface area contributed by atoms with Crippen LogP contribution in [-0.2, 0) is 0 Å². The number of rotatable bonds is 4. The van der Waals surface area contributed by atoms with Crippen molar-refractivity contribution in [3.8, 4) is 0 Å². The minimum Gasteiger partial charge on any atom is -0.310 e. The molecule has 18 heavy (non-hydrogen) atoms. The highest BCUT2D eigenvalue weighted by atomic mass is 14.9. The van der Waals surface area contributed by atoms with Crippen LogP contribution in [0.3, 0.4) is 0 Å². The fraction of sp³-hybridized carbons (Fsp3) is 0.647. The van der Waals surface area contributed by atoms with Crippen LogP contribution in [0.1, 0.15) is 49.8 Å². The first-order valence-corrected chi connectivity index (χ1v) is 7.52.